The Kier molecular flexibility index (Phi) is 3.98. The molecule has 1 aliphatic rings. The molecule has 4 rings (SSSR count). The van der Waals surface area contributed by atoms with Gasteiger partial charge in [0.25, 0.3) is 5.91 Å². The van der Waals surface area contributed by atoms with Crippen molar-refractivity contribution in [3.8, 4) is 0 Å². The normalized spacial score (nSPS) is 15.8. The van der Waals surface area contributed by atoms with E-state index in [-0.39, 0.29) is 17.8 Å². The minimum Gasteiger partial charge on any atom is -0.342 e. The number of nitrogens with zero attached hydrogens (tertiary/aromatic N) is 3. The van der Waals surface area contributed by atoms with Gasteiger partial charge in [-0.1, -0.05) is 12.1 Å². The van der Waals surface area contributed by atoms with Crippen molar-refractivity contribution in [3.63, 3.8) is 0 Å². The second kappa shape index (κ2) is 6.20. The number of amides is 1. The summed E-state index contributed by atoms with van der Waals surface area (Å²) in [5.41, 5.74) is 1.81. The van der Waals surface area contributed by atoms with E-state index in [1.807, 2.05) is 24.6 Å². The SMILES string of the molecule is CC(C)n1ncc2cc(C(=O)NC3(c4ccc(F)cc4)CCC3)cnc21. The molecule has 3 aromatic rings. The fourth-order valence-electron chi connectivity index (χ4n) is 3.52. The molecule has 5 nitrogen and oxygen atoms in total. The predicted molar refractivity (Wildman–Crippen MR) is 97.3 cm³/mol. The highest BCUT2D eigenvalue weighted by Crippen LogP contribution is 2.41. The summed E-state index contributed by atoms with van der Waals surface area (Å²) in [6.45, 7) is 4.08. The summed E-state index contributed by atoms with van der Waals surface area (Å²) in [6.07, 6.45) is 6.07. The van der Waals surface area contributed by atoms with Crippen LogP contribution < -0.4 is 5.32 Å². The van der Waals surface area contributed by atoms with E-state index in [2.05, 4.69) is 15.4 Å². The highest BCUT2D eigenvalue weighted by Gasteiger charge is 2.40. The number of benzene rings is 1. The molecule has 2 heterocycles. The topological polar surface area (TPSA) is 59.8 Å². The van der Waals surface area contributed by atoms with Crippen LogP contribution in [-0.2, 0) is 5.54 Å². The number of nitrogens with one attached hydrogen (secondary N) is 1. The van der Waals surface area contributed by atoms with Gasteiger partial charge in [-0.2, -0.15) is 5.10 Å². The van der Waals surface area contributed by atoms with Gasteiger partial charge in [0.15, 0.2) is 5.65 Å². The Balaban J connectivity index is 1.61. The quantitative estimate of drug-likeness (QED) is 0.773. The van der Waals surface area contributed by atoms with E-state index in [0.29, 0.717) is 5.56 Å². The summed E-state index contributed by atoms with van der Waals surface area (Å²) in [4.78, 5) is 17.3. The Hall–Kier alpha value is -2.76. The molecule has 1 N–H and O–H groups in total. The predicted octanol–water partition coefficient (Wildman–Crippen LogP) is 3.96. The molecule has 1 fully saturated rings. The molecule has 0 bridgehead atoms. The third kappa shape index (κ3) is 2.75. The number of carbonyl (C=O) groups is 1. The number of halogens is 1. The summed E-state index contributed by atoms with van der Waals surface area (Å²) in [7, 11) is 0. The molecule has 1 aliphatic carbocycles. The molecule has 1 aromatic carbocycles. The lowest BCUT2D eigenvalue weighted by Gasteiger charge is -2.43. The number of fused-ring (bicyclic) bond motifs is 1. The van der Waals surface area contributed by atoms with E-state index in [4.69, 9.17) is 0 Å². The van der Waals surface area contributed by atoms with Gasteiger partial charge in [0.05, 0.1) is 17.3 Å². The number of rotatable bonds is 4. The van der Waals surface area contributed by atoms with Gasteiger partial charge < -0.3 is 5.32 Å². The fraction of sp³-hybridized carbons (Fsp3) is 0.350. The molecule has 1 amide bonds. The van der Waals surface area contributed by atoms with Crippen LogP contribution in [0.3, 0.4) is 0 Å². The van der Waals surface area contributed by atoms with Gasteiger partial charge >= 0.3 is 0 Å². The first-order valence-corrected chi connectivity index (χ1v) is 8.90. The first-order valence-electron chi connectivity index (χ1n) is 8.90. The second-order valence-corrected chi connectivity index (χ2v) is 7.22. The third-order valence-electron chi connectivity index (χ3n) is 5.14. The standard InChI is InChI=1S/C20H21FN4O/c1-13(2)25-18-14(12-23-25)10-15(11-22-18)19(26)24-20(8-3-9-20)16-4-6-17(21)7-5-16/h4-7,10-13H,3,8-9H2,1-2H3,(H,24,26). The molecule has 1 saturated carbocycles. The van der Waals surface area contributed by atoms with Crippen molar-refractivity contribution in [3.05, 3.63) is 59.7 Å². The molecular formula is C20H21FN4O. The summed E-state index contributed by atoms with van der Waals surface area (Å²) >= 11 is 0. The van der Waals surface area contributed by atoms with E-state index in [9.17, 15) is 9.18 Å². The lowest BCUT2D eigenvalue weighted by atomic mass is 9.71. The summed E-state index contributed by atoms with van der Waals surface area (Å²) < 4.78 is 15.1. The van der Waals surface area contributed by atoms with Gasteiger partial charge in [0.2, 0.25) is 0 Å². The molecule has 0 spiro atoms. The van der Waals surface area contributed by atoms with Crippen molar-refractivity contribution >= 4 is 16.9 Å². The van der Waals surface area contributed by atoms with Crippen molar-refractivity contribution in [2.24, 2.45) is 0 Å². The van der Waals surface area contributed by atoms with Crippen molar-refractivity contribution in [1.29, 1.82) is 0 Å². The van der Waals surface area contributed by atoms with Crippen LogP contribution in [0, 0.1) is 5.82 Å². The van der Waals surface area contributed by atoms with Crippen LogP contribution in [0.1, 0.15) is 55.1 Å². The Bertz CT molecular complexity index is 958. The van der Waals surface area contributed by atoms with E-state index < -0.39 is 5.54 Å². The van der Waals surface area contributed by atoms with Crippen LogP contribution in [0.5, 0.6) is 0 Å². The molecule has 2 aromatic heterocycles. The Morgan fingerprint density at radius 3 is 2.58 bits per heavy atom. The molecule has 0 radical (unpaired) electrons. The minimum atomic E-state index is -0.415. The molecule has 0 atom stereocenters. The lowest BCUT2D eigenvalue weighted by Crippen LogP contribution is -2.50. The fourth-order valence-corrected chi connectivity index (χ4v) is 3.52. The van der Waals surface area contributed by atoms with E-state index in [0.717, 1.165) is 35.9 Å². The van der Waals surface area contributed by atoms with Gasteiger partial charge in [-0.25, -0.2) is 14.1 Å². The summed E-state index contributed by atoms with van der Waals surface area (Å²) in [5.74, 6) is -0.438. The number of hydrogen-bond acceptors (Lipinski definition) is 3. The molecule has 0 aliphatic heterocycles. The molecule has 134 valence electrons. The first kappa shape index (κ1) is 16.7. The van der Waals surface area contributed by atoms with Crippen LogP contribution in [0.2, 0.25) is 0 Å². The maximum atomic E-state index is 13.2. The number of hydrogen-bond donors (Lipinski definition) is 1. The van der Waals surface area contributed by atoms with Crippen LogP contribution in [0.15, 0.2) is 42.7 Å². The smallest absolute Gasteiger partial charge is 0.253 e. The molecule has 6 heteroatoms. The molecular weight excluding hydrogens is 331 g/mol. The van der Waals surface area contributed by atoms with Gasteiger partial charge in [-0.05, 0) is 56.9 Å². The van der Waals surface area contributed by atoms with E-state index >= 15 is 0 Å². The summed E-state index contributed by atoms with van der Waals surface area (Å²) in [6, 6.07) is 8.41. The number of aromatic nitrogens is 3. The second-order valence-electron chi connectivity index (χ2n) is 7.22. The zero-order valence-corrected chi connectivity index (χ0v) is 14.9. The van der Waals surface area contributed by atoms with Gasteiger partial charge in [0, 0.05) is 17.6 Å². The molecule has 26 heavy (non-hydrogen) atoms. The Morgan fingerprint density at radius 1 is 1.23 bits per heavy atom. The van der Waals surface area contributed by atoms with Crippen LogP contribution in [0.25, 0.3) is 11.0 Å². The zero-order valence-electron chi connectivity index (χ0n) is 14.9. The number of pyridine rings is 1. The lowest BCUT2D eigenvalue weighted by molar-refractivity contribution is 0.0823. The van der Waals surface area contributed by atoms with Gasteiger partial charge in [-0.3, -0.25) is 4.79 Å². The van der Waals surface area contributed by atoms with Gasteiger partial charge in [0.1, 0.15) is 5.82 Å². The van der Waals surface area contributed by atoms with Crippen molar-refractivity contribution < 1.29 is 9.18 Å². The average Bonchev–Trinajstić information content (AvgIpc) is 3.02. The molecule has 0 saturated heterocycles. The van der Waals surface area contributed by atoms with Crippen LogP contribution in [0.4, 0.5) is 4.39 Å². The monoisotopic (exact) mass is 352 g/mol. The van der Waals surface area contributed by atoms with Crippen LogP contribution in [-0.4, -0.2) is 20.7 Å². The minimum absolute atomic E-state index is 0.166. The number of carbonyl (C=O) groups excluding carboxylic acids is 1. The maximum absolute atomic E-state index is 13.2. The largest absolute Gasteiger partial charge is 0.342 e. The van der Waals surface area contributed by atoms with E-state index in [1.54, 1.807) is 24.5 Å². The molecule has 0 unspecified atom stereocenters. The Labute approximate surface area is 151 Å². The highest BCUT2D eigenvalue weighted by molar-refractivity contribution is 5.97. The average molecular weight is 352 g/mol. The first-order chi connectivity index (χ1) is 12.5. The Morgan fingerprint density at radius 2 is 1.96 bits per heavy atom. The zero-order chi connectivity index (χ0) is 18.3. The van der Waals surface area contributed by atoms with Crippen LogP contribution >= 0.6 is 0 Å². The van der Waals surface area contributed by atoms with Crippen molar-refractivity contribution in [2.45, 2.75) is 44.7 Å². The third-order valence-corrected chi connectivity index (χ3v) is 5.14. The van der Waals surface area contributed by atoms with Crippen molar-refractivity contribution in [2.75, 3.05) is 0 Å². The maximum Gasteiger partial charge on any atom is 0.253 e. The van der Waals surface area contributed by atoms with Crippen molar-refractivity contribution in [1.82, 2.24) is 20.1 Å². The van der Waals surface area contributed by atoms with E-state index in [1.165, 1.54) is 12.1 Å². The highest BCUT2D eigenvalue weighted by atomic mass is 19.1. The van der Waals surface area contributed by atoms with Gasteiger partial charge in [-0.15, -0.1) is 0 Å². The summed E-state index contributed by atoms with van der Waals surface area (Å²) in [5, 5.41) is 8.33.